The molecule has 96 valence electrons. The predicted molar refractivity (Wildman–Crippen MR) is 69.0 cm³/mol. The van der Waals surface area contributed by atoms with E-state index < -0.39 is 10.8 Å². The van der Waals surface area contributed by atoms with Crippen LogP contribution in [0.25, 0.3) is 0 Å². The molecular weight excluding hydrogens is 222 g/mol. The normalized spacial score (nSPS) is 23.2. The van der Waals surface area contributed by atoms with E-state index in [1.54, 1.807) is 6.26 Å². The van der Waals surface area contributed by atoms with Gasteiger partial charge in [-0.15, -0.1) is 0 Å². The maximum atomic E-state index is 11.1. The molecule has 0 aliphatic heterocycles. The van der Waals surface area contributed by atoms with E-state index in [2.05, 4.69) is 5.32 Å². The molecule has 4 heteroatoms. The van der Waals surface area contributed by atoms with Crippen LogP contribution in [0.2, 0.25) is 0 Å². The fraction of sp³-hybridized carbons (Fsp3) is 1.00. The lowest BCUT2D eigenvalue weighted by Gasteiger charge is -2.17. The lowest BCUT2D eigenvalue weighted by atomic mass is 10.0. The summed E-state index contributed by atoms with van der Waals surface area (Å²) in [7, 11) is -0.773. The summed E-state index contributed by atoms with van der Waals surface area (Å²) in [6, 6.07) is 0. The van der Waals surface area contributed by atoms with Crippen LogP contribution in [0.5, 0.6) is 0 Å². The first-order valence-electron chi connectivity index (χ1n) is 6.30. The Bertz CT molecular complexity index is 217. The monoisotopic (exact) mass is 247 g/mol. The molecule has 0 radical (unpaired) electrons. The number of aliphatic hydroxyl groups excluding tert-OH is 1. The highest BCUT2D eigenvalue weighted by atomic mass is 32.2. The number of hydrogen-bond acceptors (Lipinski definition) is 3. The Morgan fingerprint density at radius 2 is 2.00 bits per heavy atom. The number of nitrogens with one attached hydrogen (secondary N) is 1. The third-order valence-electron chi connectivity index (χ3n) is 3.46. The molecule has 0 aromatic rings. The van der Waals surface area contributed by atoms with E-state index in [0.29, 0.717) is 6.54 Å². The van der Waals surface area contributed by atoms with Gasteiger partial charge in [-0.05, 0) is 19.3 Å². The topological polar surface area (TPSA) is 49.3 Å². The summed E-state index contributed by atoms with van der Waals surface area (Å²) in [4.78, 5) is 0. The second kappa shape index (κ2) is 7.41. The van der Waals surface area contributed by atoms with E-state index in [4.69, 9.17) is 0 Å². The molecule has 2 N–H and O–H groups in total. The van der Waals surface area contributed by atoms with Crippen LogP contribution < -0.4 is 5.32 Å². The van der Waals surface area contributed by atoms with E-state index in [9.17, 15) is 9.32 Å². The van der Waals surface area contributed by atoms with Gasteiger partial charge in [0.25, 0.3) is 0 Å². The van der Waals surface area contributed by atoms with E-state index in [1.165, 1.54) is 25.7 Å². The van der Waals surface area contributed by atoms with Crippen molar-refractivity contribution in [3.05, 3.63) is 0 Å². The van der Waals surface area contributed by atoms with Crippen molar-refractivity contribution in [3.63, 3.8) is 0 Å². The zero-order valence-corrected chi connectivity index (χ0v) is 11.3. The lowest BCUT2D eigenvalue weighted by Crippen LogP contribution is -2.34. The van der Waals surface area contributed by atoms with Gasteiger partial charge in [0.15, 0.2) is 0 Å². The highest BCUT2D eigenvalue weighted by Gasteiger charge is 2.18. The van der Waals surface area contributed by atoms with Crippen LogP contribution >= 0.6 is 0 Å². The summed E-state index contributed by atoms with van der Waals surface area (Å²) < 4.78 is 11.1. The number of aliphatic hydroxyl groups is 1. The average Bonchev–Trinajstić information content (AvgIpc) is 2.70. The molecule has 3 atom stereocenters. The summed E-state index contributed by atoms with van der Waals surface area (Å²) in [5.41, 5.74) is 0. The highest BCUT2D eigenvalue weighted by molar-refractivity contribution is 7.84. The molecule has 0 aromatic heterocycles. The van der Waals surface area contributed by atoms with E-state index >= 15 is 0 Å². The summed E-state index contributed by atoms with van der Waals surface area (Å²) >= 11 is 0. The molecule has 16 heavy (non-hydrogen) atoms. The van der Waals surface area contributed by atoms with Gasteiger partial charge in [0, 0.05) is 35.4 Å². The lowest BCUT2D eigenvalue weighted by molar-refractivity contribution is 0.141. The van der Waals surface area contributed by atoms with E-state index in [-0.39, 0.29) is 11.4 Å². The molecule has 0 saturated heterocycles. The van der Waals surface area contributed by atoms with Gasteiger partial charge in [0.05, 0.1) is 6.10 Å². The van der Waals surface area contributed by atoms with Crippen LogP contribution in [-0.2, 0) is 10.8 Å². The fourth-order valence-corrected chi connectivity index (χ4v) is 2.64. The van der Waals surface area contributed by atoms with E-state index in [1.807, 2.05) is 6.92 Å². The van der Waals surface area contributed by atoms with Crippen molar-refractivity contribution in [3.8, 4) is 0 Å². The first-order chi connectivity index (χ1) is 7.59. The Morgan fingerprint density at radius 3 is 2.56 bits per heavy atom. The zero-order valence-electron chi connectivity index (χ0n) is 10.4. The third kappa shape index (κ3) is 5.41. The Kier molecular flexibility index (Phi) is 6.54. The molecule has 1 rings (SSSR count). The van der Waals surface area contributed by atoms with Gasteiger partial charge in [-0.1, -0.05) is 25.7 Å². The maximum absolute atomic E-state index is 11.1. The standard InChI is InChI=1S/C12H25NO2S/c1-10(16(2)15)8-13-9-12(14)7-11-5-3-4-6-11/h10-14H,3-9H2,1-2H3. The van der Waals surface area contributed by atoms with Crippen molar-refractivity contribution in [2.75, 3.05) is 19.3 Å². The van der Waals surface area contributed by atoms with Crippen molar-refractivity contribution in [2.45, 2.75) is 50.4 Å². The first kappa shape index (κ1) is 14.1. The zero-order chi connectivity index (χ0) is 12.0. The third-order valence-corrected chi connectivity index (χ3v) is 4.76. The van der Waals surface area contributed by atoms with Gasteiger partial charge in [-0.2, -0.15) is 0 Å². The second-order valence-electron chi connectivity index (χ2n) is 5.01. The molecule has 1 saturated carbocycles. The summed E-state index contributed by atoms with van der Waals surface area (Å²) in [6.45, 7) is 3.33. The Balaban J connectivity index is 2.05. The molecule has 1 aliphatic carbocycles. The van der Waals surface area contributed by atoms with Gasteiger partial charge in [0.2, 0.25) is 0 Å². The van der Waals surface area contributed by atoms with E-state index in [0.717, 1.165) is 18.9 Å². The van der Waals surface area contributed by atoms with Crippen molar-refractivity contribution < 1.29 is 9.32 Å². The molecule has 1 aliphatic rings. The van der Waals surface area contributed by atoms with Crippen LogP contribution in [0, 0.1) is 5.92 Å². The molecule has 3 nitrogen and oxygen atoms in total. The van der Waals surface area contributed by atoms with Crippen LogP contribution in [0.4, 0.5) is 0 Å². The summed E-state index contributed by atoms with van der Waals surface area (Å²) in [6.07, 6.45) is 7.64. The molecule has 0 aromatic carbocycles. The second-order valence-corrected chi connectivity index (χ2v) is 6.81. The van der Waals surface area contributed by atoms with Crippen molar-refractivity contribution in [2.24, 2.45) is 5.92 Å². The molecule has 3 unspecified atom stereocenters. The smallest absolute Gasteiger partial charge is 0.0667 e. The Hall–Kier alpha value is 0.0700. The fourth-order valence-electron chi connectivity index (χ4n) is 2.28. The molecule has 0 spiro atoms. The van der Waals surface area contributed by atoms with Crippen LogP contribution in [0.3, 0.4) is 0 Å². The average molecular weight is 247 g/mol. The first-order valence-corrected chi connectivity index (χ1v) is 7.92. The van der Waals surface area contributed by atoms with Crippen LogP contribution in [-0.4, -0.2) is 40.0 Å². The minimum absolute atomic E-state index is 0.165. The van der Waals surface area contributed by atoms with Crippen LogP contribution in [0.15, 0.2) is 0 Å². The quantitative estimate of drug-likeness (QED) is 0.712. The van der Waals surface area contributed by atoms with Crippen LogP contribution in [0.1, 0.15) is 39.0 Å². The number of rotatable bonds is 7. The maximum Gasteiger partial charge on any atom is 0.0667 e. The van der Waals surface area contributed by atoms with Crippen molar-refractivity contribution in [1.82, 2.24) is 5.32 Å². The Morgan fingerprint density at radius 1 is 1.38 bits per heavy atom. The minimum atomic E-state index is -0.773. The highest BCUT2D eigenvalue weighted by Crippen LogP contribution is 2.28. The molecule has 0 heterocycles. The van der Waals surface area contributed by atoms with Crippen molar-refractivity contribution in [1.29, 1.82) is 0 Å². The largest absolute Gasteiger partial charge is 0.392 e. The van der Waals surface area contributed by atoms with Gasteiger partial charge in [-0.3, -0.25) is 4.21 Å². The van der Waals surface area contributed by atoms with Gasteiger partial charge >= 0.3 is 0 Å². The molecule has 1 fully saturated rings. The molecule has 0 bridgehead atoms. The minimum Gasteiger partial charge on any atom is -0.392 e. The summed E-state index contributed by atoms with van der Waals surface area (Å²) in [5.74, 6) is 0.731. The number of hydrogen-bond donors (Lipinski definition) is 2. The van der Waals surface area contributed by atoms with Crippen molar-refractivity contribution >= 4 is 10.8 Å². The van der Waals surface area contributed by atoms with Gasteiger partial charge < -0.3 is 10.4 Å². The summed E-state index contributed by atoms with van der Waals surface area (Å²) in [5, 5.41) is 13.2. The molecule has 0 amide bonds. The SMILES string of the molecule is CC(CNCC(O)CC1CCCC1)S(C)=O. The Labute approximate surface area is 101 Å². The van der Waals surface area contributed by atoms with Gasteiger partial charge in [-0.25, -0.2) is 0 Å². The molecular formula is C12H25NO2S. The van der Waals surface area contributed by atoms with Gasteiger partial charge in [0.1, 0.15) is 0 Å². The predicted octanol–water partition coefficient (Wildman–Crippen LogP) is 1.28.